The molecule has 0 aliphatic heterocycles. The van der Waals surface area contributed by atoms with Crippen molar-refractivity contribution in [2.24, 2.45) is 0 Å². The molecule has 1 heterocycles. The van der Waals surface area contributed by atoms with Crippen LogP contribution in [0.5, 0.6) is 0 Å². The number of aryl methyl sites for hydroxylation is 1. The molecule has 1 N–H and O–H groups in total. The van der Waals surface area contributed by atoms with E-state index in [-0.39, 0.29) is 10.7 Å². The van der Waals surface area contributed by atoms with E-state index in [0.717, 1.165) is 11.3 Å². The van der Waals surface area contributed by atoms with Gasteiger partial charge in [-0.1, -0.05) is 29.5 Å². The zero-order chi connectivity index (χ0) is 10.1. The van der Waals surface area contributed by atoms with E-state index < -0.39 is 0 Å². The van der Waals surface area contributed by atoms with Gasteiger partial charge in [-0.2, -0.15) is 0 Å². The minimum Gasteiger partial charge on any atom is -0.316 e. The minimum absolute atomic E-state index is 0.152. The van der Waals surface area contributed by atoms with Gasteiger partial charge in [0.15, 0.2) is 0 Å². The number of thiazole rings is 1. The number of aromatic nitrogens is 1. The molecule has 0 spiro atoms. The second-order valence-corrected chi connectivity index (χ2v) is 3.93. The topological polar surface area (TPSA) is 32.9 Å². The van der Waals surface area contributed by atoms with Crippen molar-refractivity contribution >= 4 is 11.3 Å². The number of benzene rings is 1. The lowest BCUT2D eigenvalue weighted by Gasteiger charge is -1.99. The quantitative estimate of drug-likeness (QED) is 0.769. The molecule has 2 aromatic rings. The van der Waals surface area contributed by atoms with E-state index in [9.17, 15) is 9.18 Å². The van der Waals surface area contributed by atoms with Gasteiger partial charge in [-0.15, -0.1) is 0 Å². The zero-order valence-electron chi connectivity index (χ0n) is 7.50. The molecule has 0 aliphatic rings. The first-order chi connectivity index (χ1) is 6.68. The smallest absolute Gasteiger partial charge is 0.305 e. The van der Waals surface area contributed by atoms with Gasteiger partial charge < -0.3 is 4.98 Å². The summed E-state index contributed by atoms with van der Waals surface area (Å²) in [6, 6.07) is 6.44. The molecular formula is C10H8FNOS. The second kappa shape index (κ2) is 3.38. The lowest BCUT2D eigenvalue weighted by atomic mass is 10.1. The van der Waals surface area contributed by atoms with Crippen molar-refractivity contribution in [3.05, 3.63) is 45.4 Å². The van der Waals surface area contributed by atoms with Gasteiger partial charge >= 0.3 is 4.87 Å². The Kier molecular flexibility index (Phi) is 2.21. The summed E-state index contributed by atoms with van der Waals surface area (Å²) in [5.74, 6) is -0.300. The maximum absolute atomic E-state index is 13.4. The average Bonchev–Trinajstić information content (AvgIpc) is 2.46. The largest absolute Gasteiger partial charge is 0.316 e. The van der Waals surface area contributed by atoms with Crippen LogP contribution < -0.4 is 4.87 Å². The fourth-order valence-electron chi connectivity index (χ4n) is 1.31. The van der Waals surface area contributed by atoms with Crippen molar-refractivity contribution in [1.82, 2.24) is 4.98 Å². The number of aromatic amines is 1. The second-order valence-electron chi connectivity index (χ2n) is 2.95. The SMILES string of the molecule is Cc1[nH]c(=O)sc1-c1ccccc1F. The van der Waals surface area contributed by atoms with Crippen LogP contribution in [0.15, 0.2) is 29.1 Å². The molecule has 0 radical (unpaired) electrons. The van der Waals surface area contributed by atoms with Gasteiger partial charge in [0.05, 0.1) is 4.88 Å². The number of H-pyrrole nitrogens is 1. The standard InChI is InChI=1S/C10H8FNOS/c1-6-9(14-10(13)12-6)7-4-2-3-5-8(7)11/h2-5H,1H3,(H,12,13). The van der Waals surface area contributed by atoms with E-state index in [1.54, 1.807) is 25.1 Å². The summed E-state index contributed by atoms with van der Waals surface area (Å²) in [5.41, 5.74) is 1.19. The Morgan fingerprint density at radius 1 is 1.36 bits per heavy atom. The Morgan fingerprint density at radius 3 is 2.64 bits per heavy atom. The highest BCUT2D eigenvalue weighted by atomic mass is 32.1. The Labute approximate surface area is 84.0 Å². The fourth-order valence-corrected chi connectivity index (χ4v) is 2.18. The van der Waals surface area contributed by atoms with Crippen LogP contribution in [0.4, 0.5) is 4.39 Å². The summed E-state index contributed by atoms with van der Waals surface area (Å²) in [6.07, 6.45) is 0. The summed E-state index contributed by atoms with van der Waals surface area (Å²) in [4.78, 5) is 14.2. The maximum Gasteiger partial charge on any atom is 0.305 e. The Hall–Kier alpha value is -1.42. The molecule has 0 bridgehead atoms. The molecule has 0 atom stereocenters. The molecule has 2 rings (SSSR count). The third-order valence-electron chi connectivity index (χ3n) is 1.94. The van der Waals surface area contributed by atoms with Crippen LogP contribution in [0.3, 0.4) is 0 Å². The zero-order valence-corrected chi connectivity index (χ0v) is 8.32. The Balaban J connectivity index is 2.66. The van der Waals surface area contributed by atoms with Gasteiger partial charge in [0.25, 0.3) is 0 Å². The molecule has 0 fully saturated rings. The first kappa shape index (κ1) is 9.15. The third-order valence-corrected chi connectivity index (χ3v) is 2.96. The Bertz CT molecular complexity index is 515. The summed E-state index contributed by atoms with van der Waals surface area (Å²) >= 11 is 1.03. The predicted octanol–water partition coefficient (Wildman–Crippen LogP) is 2.55. The maximum atomic E-state index is 13.4. The molecule has 1 aromatic carbocycles. The molecule has 14 heavy (non-hydrogen) atoms. The lowest BCUT2D eigenvalue weighted by molar-refractivity contribution is 0.631. The van der Waals surface area contributed by atoms with Gasteiger partial charge in [0.2, 0.25) is 0 Å². The molecule has 0 aliphatic carbocycles. The molecule has 0 saturated carbocycles. The summed E-state index contributed by atoms with van der Waals surface area (Å²) in [7, 11) is 0. The summed E-state index contributed by atoms with van der Waals surface area (Å²) in [6.45, 7) is 1.76. The minimum atomic E-state index is -0.300. The van der Waals surface area contributed by atoms with E-state index in [0.29, 0.717) is 16.1 Å². The van der Waals surface area contributed by atoms with Crippen LogP contribution in [0.1, 0.15) is 5.69 Å². The van der Waals surface area contributed by atoms with Crippen molar-refractivity contribution in [3.63, 3.8) is 0 Å². The Morgan fingerprint density at radius 2 is 2.07 bits per heavy atom. The highest BCUT2D eigenvalue weighted by Crippen LogP contribution is 2.26. The fraction of sp³-hybridized carbons (Fsp3) is 0.100. The third kappa shape index (κ3) is 1.48. The molecule has 2 nitrogen and oxygen atoms in total. The highest BCUT2D eigenvalue weighted by molar-refractivity contribution is 7.13. The highest BCUT2D eigenvalue weighted by Gasteiger charge is 2.09. The van der Waals surface area contributed by atoms with E-state index in [1.807, 2.05) is 0 Å². The van der Waals surface area contributed by atoms with Crippen molar-refractivity contribution in [2.45, 2.75) is 6.92 Å². The number of hydrogen-bond acceptors (Lipinski definition) is 2. The van der Waals surface area contributed by atoms with Crippen molar-refractivity contribution < 1.29 is 4.39 Å². The normalized spacial score (nSPS) is 10.4. The van der Waals surface area contributed by atoms with Gasteiger partial charge in [-0.3, -0.25) is 4.79 Å². The number of nitrogens with one attached hydrogen (secondary N) is 1. The van der Waals surface area contributed by atoms with E-state index in [2.05, 4.69) is 4.98 Å². The molecular weight excluding hydrogens is 201 g/mol. The van der Waals surface area contributed by atoms with Gasteiger partial charge in [-0.25, -0.2) is 4.39 Å². The van der Waals surface area contributed by atoms with E-state index in [4.69, 9.17) is 0 Å². The summed E-state index contributed by atoms with van der Waals surface area (Å²) < 4.78 is 13.4. The first-order valence-corrected chi connectivity index (χ1v) is 4.95. The van der Waals surface area contributed by atoms with E-state index in [1.165, 1.54) is 6.07 Å². The molecule has 1 aromatic heterocycles. The van der Waals surface area contributed by atoms with Crippen LogP contribution in [0.25, 0.3) is 10.4 Å². The predicted molar refractivity (Wildman–Crippen MR) is 55.1 cm³/mol. The van der Waals surface area contributed by atoms with Gasteiger partial charge in [0, 0.05) is 11.3 Å². The van der Waals surface area contributed by atoms with Crippen LogP contribution >= 0.6 is 11.3 Å². The average molecular weight is 209 g/mol. The molecule has 0 amide bonds. The van der Waals surface area contributed by atoms with Crippen molar-refractivity contribution in [1.29, 1.82) is 0 Å². The molecule has 4 heteroatoms. The molecule has 0 saturated heterocycles. The van der Waals surface area contributed by atoms with Crippen LogP contribution in [-0.4, -0.2) is 4.98 Å². The van der Waals surface area contributed by atoms with E-state index >= 15 is 0 Å². The van der Waals surface area contributed by atoms with Crippen LogP contribution in [0.2, 0.25) is 0 Å². The first-order valence-electron chi connectivity index (χ1n) is 4.13. The number of halogens is 1. The van der Waals surface area contributed by atoms with Crippen LogP contribution in [0, 0.1) is 12.7 Å². The molecule has 0 unspecified atom stereocenters. The summed E-state index contributed by atoms with van der Waals surface area (Å²) in [5, 5.41) is 0. The van der Waals surface area contributed by atoms with Gasteiger partial charge in [-0.05, 0) is 13.0 Å². The molecule has 72 valence electrons. The van der Waals surface area contributed by atoms with Crippen molar-refractivity contribution in [3.8, 4) is 10.4 Å². The van der Waals surface area contributed by atoms with Crippen LogP contribution in [-0.2, 0) is 0 Å². The number of hydrogen-bond donors (Lipinski definition) is 1. The lowest BCUT2D eigenvalue weighted by Crippen LogP contribution is -1.91. The van der Waals surface area contributed by atoms with Crippen molar-refractivity contribution in [2.75, 3.05) is 0 Å². The number of rotatable bonds is 1. The van der Waals surface area contributed by atoms with Gasteiger partial charge in [0.1, 0.15) is 5.82 Å². The monoisotopic (exact) mass is 209 g/mol.